The van der Waals surface area contributed by atoms with Crippen LogP contribution in [0.5, 0.6) is 0 Å². The molecule has 2 aromatic rings. The molecule has 6 nitrogen and oxygen atoms in total. The Morgan fingerprint density at radius 3 is 2.65 bits per heavy atom. The molecule has 0 saturated carbocycles. The molecule has 0 atom stereocenters. The van der Waals surface area contributed by atoms with Gasteiger partial charge in [0.05, 0.1) is 16.7 Å². The number of anilines is 1. The molecule has 1 aromatic carbocycles. The normalized spacial score (nSPS) is 11.1. The third kappa shape index (κ3) is 2.61. The Kier molecular flexibility index (Phi) is 3.70. The minimum Gasteiger partial charge on any atom is -0.280 e. The van der Waals surface area contributed by atoms with E-state index in [4.69, 9.17) is 16.9 Å². The first-order valence-corrected chi connectivity index (χ1v) is 7.45. The number of aromatic amines is 1. The Labute approximate surface area is 121 Å². The van der Waals surface area contributed by atoms with Crippen LogP contribution in [-0.2, 0) is 10.0 Å². The largest absolute Gasteiger partial charge is 0.280 e. The Morgan fingerprint density at radius 2 is 2.10 bits per heavy atom. The molecular weight excluding hydrogens is 300 g/mol. The van der Waals surface area contributed by atoms with Crippen LogP contribution in [0.1, 0.15) is 16.8 Å². The highest BCUT2D eigenvalue weighted by Gasteiger charge is 2.21. The lowest BCUT2D eigenvalue weighted by Crippen LogP contribution is -2.14. The minimum atomic E-state index is -3.90. The second-order valence-electron chi connectivity index (χ2n) is 4.18. The monoisotopic (exact) mass is 310 g/mol. The first kappa shape index (κ1) is 14.4. The van der Waals surface area contributed by atoms with Gasteiger partial charge in [-0.3, -0.25) is 9.82 Å². The molecule has 1 heterocycles. The van der Waals surface area contributed by atoms with Crippen molar-refractivity contribution in [2.45, 2.75) is 18.7 Å². The van der Waals surface area contributed by atoms with Gasteiger partial charge in [0.2, 0.25) is 0 Å². The molecule has 1 aromatic heterocycles. The smallest absolute Gasteiger partial charge is 0.264 e. The summed E-state index contributed by atoms with van der Waals surface area (Å²) in [7, 11) is -3.90. The Hall–Kier alpha value is -2.04. The van der Waals surface area contributed by atoms with Gasteiger partial charge >= 0.3 is 0 Å². The molecule has 0 bridgehead atoms. The molecule has 0 aliphatic rings. The molecule has 20 heavy (non-hydrogen) atoms. The highest BCUT2D eigenvalue weighted by Crippen LogP contribution is 2.25. The summed E-state index contributed by atoms with van der Waals surface area (Å²) in [6.07, 6.45) is 0. The van der Waals surface area contributed by atoms with Crippen LogP contribution in [0.25, 0.3) is 0 Å². The van der Waals surface area contributed by atoms with Crippen LogP contribution < -0.4 is 4.72 Å². The standard InChI is InChI=1S/C12H11ClN4O2S/c1-7-8(2)15-16-12(7)17-20(18,19)11-5-9(6-14)3-4-10(11)13/h3-5H,1-2H3,(H2,15,16,17). The van der Waals surface area contributed by atoms with E-state index in [1.165, 1.54) is 18.2 Å². The molecule has 104 valence electrons. The number of benzene rings is 1. The summed E-state index contributed by atoms with van der Waals surface area (Å²) in [6.45, 7) is 3.52. The topological polar surface area (TPSA) is 98.6 Å². The van der Waals surface area contributed by atoms with Crippen molar-refractivity contribution >= 4 is 27.4 Å². The molecule has 0 aliphatic heterocycles. The molecule has 0 saturated heterocycles. The van der Waals surface area contributed by atoms with E-state index in [-0.39, 0.29) is 21.3 Å². The van der Waals surface area contributed by atoms with E-state index in [1.807, 2.05) is 6.07 Å². The van der Waals surface area contributed by atoms with Gasteiger partial charge in [0, 0.05) is 11.3 Å². The zero-order valence-electron chi connectivity index (χ0n) is 10.7. The highest BCUT2D eigenvalue weighted by molar-refractivity contribution is 7.92. The van der Waals surface area contributed by atoms with Crippen molar-refractivity contribution in [3.05, 3.63) is 40.0 Å². The minimum absolute atomic E-state index is 0.0430. The van der Waals surface area contributed by atoms with Crippen LogP contribution in [0, 0.1) is 25.2 Å². The van der Waals surface area contributed by atoms with Gasteiger partial charge in [-0.2, -0.15) is 10.4 Å². The van der Waals surface area contributed by atoms with Gasteiger partial charge in [-0.25, -0.2) is 8.42 Å². The molecule has 0 fully saturated rings. The molecule has 8 heteroatoms. The average Bonchev–Trinajstić information content (AvgIpc) is 2.70. The molecule has 0 unspecified atom stereocenters. The molecule has 0 aliphatic carbocycles. The predicted octanol–water partition coefficient (Wildman–Crippen LogP) is 2.35. The third-order valence-electron chi connectivity index (χ3n) is 2.83. The molecular formula is C12H11ClN4O2S. The zero-order chi connectivity index (χ0) is 14.9. The molecule has 0 spiro atoms. The van der Waals surface area contributed by atoms with Crippen molar-refractivity contribution in [2.75, 3.05) is 4.72 Å². The number of hydrogen-bond acceptors (Lipinski definition) is 4. The van der Waals surface area contributed by atoms with E-state index >= 15 is 0 Å². The number of sulfonamides is 1. The summed E-state index contributed by atoms with van der Waals surface area (Å²) in [6, 6.07) is 5.92. The fourth-order valence-electron chi connectivity index (χ4n) is 1.55. The number of nitriles is 1. The summed E-state index contributed by atoms with van der Waals surface area (Å²) in [4.78, 5) is -0.154. The van der Waals surface area contributed by atoms with Gasteiger partial charge < -0.3 is 0 Å². The maximum absolute atomic E-state index is 12.3. The summed E-state index contributed by atoms with van der Waals surface area (Å²) in [5.74, 6) is 0.209. The number of H-pyrrole nitrogens is 1. The third-order valence-corrected chi connectivity index (χ3v) is 4.65. The van der Waals surface area contributed by atoms with Gasteiger partial charge in [0.1, 0.15) is 4.90 Å². The fourth-order valence-corrected chi connectivity index (χ4v) is 3.14. The first-order chi connectivity index (χ1) is 9.35. The summed E-state index contributed by atoms with van der Waals surface area (Å²) in [5.41, 5.74) is 1.67. The maximum Gasteiger partial charge on any atom is 0.264 e. The summed E-state index contributed by atoms with van der Waals surface area (Å²) < 4.78 is 26.9. The van der Waals surface area contributed by atoms with Gasteiger partial charge in [-0.1, -0.05) is 11.6 Å². The van der Waals surface area contributed by atoms with Crippen LogP contribution in [0.2, 0.25) is 5.02 Å². The van der Waals surface area contributed by atoms with Crippen molar-refractivity contribution in [1.82, 2.24) is 10.2 Å². The maximum atomic E-state index is 12.3. The van der Waals surface area contributed by atoms with Crippen molar-refractivity contribution < 1.29 is 8.42 Å². The van der Waals surface area contributed by atoms with Crippen LogP contribution in [0.15, 0.2) is 23.1 Å². The lowest BCUT2D eigenvalue weighted by molar-refractivity contribution is 0.601. The van der Waals surface area contributed by atoms with Gasteiger partial charge in [0.25, 0.3) is 10.0 Å². The molecule has 2 rings (SSSR count). The van der Waals surface area contributed by atoms with E-state index in [9.17, 15) is 8.42 Å². The van der Waals surface area contributed by atoms with Crippen LogP contribution in [-0.4, -0.2) is 18.6 Å². The second kappa shape index (κ2) is 5.15. The van der Waals surface area contributed by atoms with Crippen molar-refractivity contribution in [2.24, 2.45) is 0 Å². The second-order valence-corrected chi connectivity index (χ2v) is 6.24. The number of hydrogen-bond donors (Lipinski definition) is 2. The molecule has 2 N–H and O–H groups in total. The molecule has 0 radical (unpaired) electrons. The predicted molar refractivity (Wildman–Crippen MR) is 75.0 cm³/mol. The van der Waals surface area contributed by atoms with Crippen molar-refractivity contribution in [1.29, 1.82) is 5.26 Å². The van der Waals surface area contributed by atoms with Crippen LogP contribution >= 0.6 is 11.6 Å². The highest BCUT2D eigenvalue weighted by atomic mass is 35.5. The summed E-state index contributed by atoms with van der Waals surface area (Å²) >= 11 is 5.89. The van der Waals surface area contributed by atoms with Crippen molar-refractivity contribution in [3.63, 3.8) is 0 Å². The van der Waals surface area contributed by atoms with E-state index < -0.39 is 10.0 Å². The van der Waals surface area contributed by atoms with Crippen molar-refractivity contribution in [3.8, 4) is 6.07 Å². The van der Waals surface area contributed by atoms with Gasteiger partial charge in [0.15, 0.2) is 5.82 Å². The van der Waals surface area contributed by atoms with E-state index in [2.05, 4.69) is 14.9 Å². The Balaban J connectivity index is 2.46. The number of aromatic nitrogens is 2. The van der Waals surface area contributed by atoms with E-state index in [0.29, 0.717) is 5.56 Å². The Morgan fingerprint density at radius 1 is 1.40 bits per heavy atom. The number of halogens is 1. The SMILES string of the molecule is Cc1[nH]nc(NS(=O)(=O)c2cc(C#N)ccc2Cl)c1C. The first-order valence-electron chi connectivity index (χ1n) is 5.59. The van der Waals surface area contributed by atoms with Gasteiger partial charge in [-0.05, 0) is 32.0 Å². The number of nitrogens with one attached hydrogen (secondary N) is 2. The van der Waals surface area contributed by atoms with E-state index in [0.717, 1.165) is 5.69 Å². The number of nitrogens with zero attached hydrogens (tertiary/aromatic N) is 2. The lowest BCUT2D eigenvalue weighted by atomic mass is 10.2. The molecule has 0 amide bonds. The number of rotatable bonds is 3. The Bertz CT molecular complexity index is 805. The summed E-state index contributed by atoms with van der Waals surface area (Å²) in [5, 5.41) is 15.4. The zero-order valence-corrected chi connectivity index (χ0v) is 12.3. The average molecular weight is 311 g/mol. The van der Waals surface area contributed by atoms with Crippen LogP contribution in [0.3, 0.4) is 0 Å². The number of aryl methyl sites for hydroxylation is 1. The van der Waals surface area contributed by atoms with Gasteiger partial charge in [-0.15, -0.1) is 0 Å². The fraction of sp³-hybridized carbons (Fsp3) is 0.167. The van der Waals surface area contributed by atoms with E-state index in [1.54, 1.807) is 13.8 Å². The lowest BCUT2D eigenvalue weighted by Gasteiger charge is -2.08. The van der Waals surface area contributed by atoms with Crippen LogP contribution in [0.4, 0.5) is 5.82 Å². The quantitative estimate of drug-likeness (QED) is 0.909.